The number of nitrogens with two attached hydrogens (primary N) is 1. The van der Waals surface area contributed by atoms with Crippen molar-refractivity contribution in [3.8, 4) is 0 Å². The van der Waals surface area contributed by atoms with Crippen LogP contribution in [-0.4, -0.2) is 22.6 Å². The van der Waals surface area contributed by atoms with Gasteiger partial charge in [-0.3, -0.25) is 0 Å². The molecule has 2 rings (SSSR count). The average Bonchev–Trinajstić information content (AvgIpc) is 2.26. The van der Waals surface area contributed by atoms with Crippen molar-refractivity contribution < 1.29 is 0 Å². The zero-order valence-corrected chi connectivity index (χ0v) is 10.4. The molecule has 88 valence electrons. The van der Waals surface area contributed by atoms with Crippen LogP contribution in [0.25, 0.3) is 0 Å². The van der Waals surface area contributed by atoms with Crippen LogP contribution < -0.4 is 10.6 Å². The van der Waals surface area contributed by atoms with Gasteiger partial charge in [0.1, 0.15) is 12.0 Å². The molecule has 0 aromatic carbocycles. The maximum Gasteiger partial charge on any atom is 0.157 e. The standard InChI is InChI=1S/C11H17ClN4/c1-7-3-4-8(2)16(5-7)11-9(13)10(12)14-6-15-11/h6-8H,3-5,13H2,1-2H3. The molecule has 1 aliphatic rings. The van der Waals surface area contributed by atoms with Gasteiger partial charge in [-0.15, -0.1) is 0 Å². The number of nitrogens with zero attached hydrogens (tertiary/aromatic N) is 3. The molecule has 0 amide bonds. The molecule has 0 spiro atoms. The molecule has 0 saturated carbocycles. The number of hydrogen-bond acceptors (Lipinski definition) is 4. The Morgan fingerprint density at radius 2 is 2.12 bits per heavy atom. The summed E-state index contributed by atoms with van der Waals surface area (Å²) in [6.07, 6.45) is 3.90. The van der Waals surface area contributed by atoms with Crippen LogP contribution in [0.5, 0.6) is 0 Å². The van der Waals surface area contributed by atoms with E-state index in [1.54, 1.807) is 0 Å². The SMILES string of the molecule is CC1CCC(C)N(c2ncnc(Cl)c2N)C1. The van der Waals surface area contributed by atoms with Crippen molar-refractivity contribution in [1.29, 1.82) is 0 Å². The molecule has 2 N–H and O–H groups in total. The second kappa shape index (κ2) is 4.45. The molecule has 1 aromatic rings. The summed E-state index contributed by atoms with van der Waals surface area (Å²) in [7, 11) is 0. The Labute approximate surface area is 101 Å². The predicted octanol–water partition coefficient (Wildman–Crippen LogP) is 2.34. The Morgan fingerprint density at radius 3 is 2.88 bits per heavy atom. The first-order chi connectivity index (χ1) is 7.59. The van der Waals surface area contributed by atoms with Crippen LogP contribution in [0.3, 0.4) is 0 Å². The van der Waals surface area contributed by atoms with Crippen molar-refractivity contribution in [3.63, 3.8) is 0 Å². The summed E-state index contributed by atoms with van der Waals surface area (Å²) in [6, 6.07) is 0.462. The quantitative estimate of drug-likeness (QED) is 0.766. The Balaban J connectivity index is 2.31. The van der Waals surface area contributed by atoms with Gasteiger partial charge in [0, 0.05) is 12.6 Å². The molecule has 5 heteroatoms. The maximum absolute atomic E-state index is 5.92. The predicted molar refractivity (Wildman–Crippen MR) is 66.7 cm³/mol. The number of halogens is 1. The van der Waals surface area contributed by atoms with Gasteiger partial charge in [0.15, 0.2) is 11.0 Å². The van der Waals surface area contributed by atoms with Crippen molar-refractivity contribution in [1.82, 2.24) is 9.97 Å². The number of hydrogen-bond donors (Lipinski definition) is 1. The van der Waals surface area contributed by atoms with E-state index in [1.165, 1.54) is 19.2 Å². The molecule has 4 nitrogen and oxygen atoms in total. The summed E-state index contributed by atoms with van der Waals surface area (Å²) in [4.78, 5) is 10.4. The van der Waals surface area contributed by atoms with Gasteiger partial charge in [-0.05, 0) is 25.7 Å². The van der Waals surface area contributed by atoms with Gasteiger partial charge in [-0.1, -0.05) is 18.5 Å². The van der Waals surface area contributed by atoms with E-state index in [9.17, 15) is 0 Å². The maximum atomic E-state index is 5.92. The number of anilines is 2. The first kappa shape index (κ1) is 11.5. The summed E-state index contributed by atoms with van der Waals surface area (Å²) < 4.78 is 0. The van der Waals surface area contributed by atoms with Crippen LogP contribution in [0.1, 0.15) is 26.7 Å². The highest BCUT2D eigenvalue weighted by Gasteiger charge is 2.26. The first-order valence-electron chi connectivity index (χ1n) is 5.62. The van der Waals surface area contributed by atoms with E-state index >= 15 is 0 Å². The molecular weight excluding hydrogens is 224 g/mol. The number of aromatic nitrogens is 2. The van der Waals surface area contributed by atoms with E-state index < -0.39 is 0 Å². The van der Waals surface area contributed by atoms with Crippen LogP contribution >= 0.6 is 11.6 Å². The topological polar surface area (TPSA) is 55.0 Å². The third-order valence-corrected chi connectivity index (χ3v) is 3.51. The lowest BCUT2D eigenvalue weighted by Gasteiger charge is -2.38. The highest BCUT2D eigenvalue weighted by atomic mass is 35.5. The van der Waals surface area contributed by atoms with E-state index in [-0.39, 0.29) is 0 Å². The normalized spacial score (nSPS) is 25.8. The fraction of sp³-hybridized carbons (Fsp3) is 0.636. The second-order valence-electron chi connectivity index (χ2n) is 4.59. The van der Waals surface area contributed by atoms with Crippen LogP contribution in [0.4, 0.5) is 11.5 Å². The number of piperidine rings is 1. The molecule has 1 saturated heterocycles. The summed E-state index contributed by atoms with van der Waals surface area (Å²) in [5.41, 5.74) is 6.41. The number of rotatable bonds is 1. The second-order valence-corrected chi connectivity index (χ2v) is 4.94. The van der Waals surface area contributed by atoms with Crippen molar-refractivity contribution in [2.24, 2.45) is 5.92 Å². The van der Waals surface area contributed by atoms with Gasteiger partial charge in [0.05, 0.1) is 0 Å². The molecule has 2 unspecified atom stereocenters. The summed E-state index contributed by atoms with van der Waals surface area (Å²) in [6.45, 7) is 5.43. The minimum atomic E-state index is 0.343. The fourth-order valence-electron chi connectivity index (χ4n) is 2.18. The van der Waals surface area contributed by atoms with Crippen LogP contribution in [0.15, 0.2) is 6.33 Å². The molecule has 1 fully saturated rings. The van der Waals surface area contributed by atoms with Crippen LogP contribution in [0, 0.1) is 5.92 Å². The largest absolute Gasteiger partial charge is 0.393 e. The molecule has 0 radical (unpaired) electrons. The lowest BCUT2D eigenvalue weighted by atomic mass is 9.95. The van der Waals surface area contributed by atoms with Crippen molar-refractivity contribution in [3.05, 3.63) is 11.5 Å². The molecule has 2 atom stereocenters. The summed E-state index contributed by atoms with van der Waals surface area (Å²) in [5.74, 6) is 1.45. The minimum absolute atomic E-state index is 0.343. The Kier molecular flexibility index (Phi) is 3.19. The third kappa shape index (κ3) is 2.07. The smallest absolute Gasteiger partial charge is 0.157 e. The van der Waals surface area contributed by atoms with Gasteiger partial charge in [-0.2, -0.15) is 0 Å². The van der Waals surface area contributed by atoms with Crippen molar-refractivity contribution in [2.45, 2.75) is 32.7 Å². The summed E-state index contributed by atoms with van der Waals surface area (Å²) in [5, 5.41) is 0.343. The van der Waals surface area contributed by atoms with E-state index in [0.29, 0.717) is 22.8 Å². The molecule has 2 heterocycles. The van der Waals surface area contributed by atoms with Crippen molar-refractivity contribution in [2.75, 3.05) is 17.2 Å². The summed E-state index contributed by atoms with van der Waals surface area (Å²) >= 11 is 5.91. The Morgan fingerprint density at radius 1 is 1.38 bits per heavy atom. The third-order valence-electron chi connectivity index (χ3n) is 3.20. The van der Waals surface area contributed by atoms with Gasteiger partial charge < -0.3 is 10.6 Å². The molecule has 0 bridgehead atoms. The highest BCUT2D eigenvalue weighted by molar-refractivity contribution is 6.32. The first-order valence-corrected chi connectivity index (χ1v) is 6.00. The van der Waals surface area contributed by atoms with Gasteiger partial charge in [0.2, 0.25) is 0 Å². The van der Waals surface area contributed by atoms with Gasteiger partial charge in [-0.25, -0.2) is 9.97 Å². The van der Waals surface area contributed by atoms with Crippen LogP contribution in [-0.2, 0) is 0 Å². The average molecular weight is 241 g/mol. The van der Waals surface area contributed by atoms with E-state index in [0.717, 1.165) is 12.4 Å². The van der Waals surface area contributed by atoms with E-state index in [1.807, 2.05) is 0 Å². The monoisotopic (exact) mass is 240 g/mol. The Hall–Kier alpha value is -1.03. The van der Waals surface area contributed by atoms with Crippen LogP contribution in [0.2, 0.25) is 5.15 Å². The lowest BCUT2D eigenvalue weighted by molar-refractivity contribution is 0.388. The molecular formula is C11H17ClN4. The fourth-order valence-corrected chi connectivity index (χ4v) is 2.31. The highest BCUT2D eigenvalue weighted by Crippen LogP contribution is 2.31. The lowest BCUT2D eigenvalue weighted by Crippen LogP contribution is -2.42. The molecule has 1 aliphatic heterocycles. The van der Waals surface area contributed by atoms with E-state index in [2.05, 4.69) is 28.7 Å². The minimum Gasteiger partial charge on any atom is -0.393 e. The van der Waals surface area contributed by atoms with Gasteiger partial charge >= 0.3 is 0 Å². The van der Waals surface area contributed by atoms with E-state index in [4.69, 9.17) is 17.3 Å². The van der Waals surface area contributed by atoms with Crippen molar-refractivity contribution >= 4 is 23.1 Å². The molecule has 16 heavy (non-hydrogen) atoms. The zero-order chi connectivity index (χ0) is 11.7. The zero-order valence-electron chi connectivity index (χ0n) is 9.65. The molecule has 1 aromatic heterocycles. The Bertz CT molecular complexity index is 382. The molecule has 0 aliphatic carbocycles. The number of nitrogen functional groups attached to an aromatic ring is 1. The van der Waals surface area contributed by atoms with Gasteiger partial charge in [0.25, 0.3) is 0 Å².